The summed E-state index contributed by atoms with van der Waals surface area (Å²) in [5.74, 6) is -1.60. The van der Waals surface area contributed by atoms with Gasteiger partial charge in [-0.15, -0.1) is 0 Å². The van der Waals surface area contributed by atoms with E-state index < -0.39 is 48.1 Å². The summed E-state index contributed by atoms with van der Waals surface area (Å²) in [4.78, 5) is 48.5. The van der Waals surface area contributed by atoms with Crippen molar-refractivity contribution in [1.82, 2.24) is 19.1 Å². The molecule has 0 aliphatic heterocycles. The molecule has 32 heavy (non-hydrogen) atoms. The van der Waals surface area contributed by atoms with Gasteiger partial charge < -0.3 is 0 Å². The van der Waals surface area contributed by atoms with Gasteiger partial charge in [0, 0.05) is 24.8 Å². The summed E-state index contributed by atoms with van der Waals surface area (Å²) in [5, 5.41) is 0.159. The second kappa shape index (κ2) is 8.16. The predicted molar refractivity (Wildman–Crippen MR) is 113 cm³/mol. The standard InChI is InChI=1S/C9H6ClFN2O4S.C9H7FN2O2/c1-13-6-3-5(11)7(18(10,16)17)2-4(6)8(14)12-9(13)15;1-12-7-4-5(10)2-3-6(7)8(13)11-9(12)14/h2-3H,1H3,(H,12,14,15);2-4H,1H3,(H,11,13,14). The molecule has 4 rings (SSSR count). The quantitative estimate of drug-likeness (QED) is 0.378. The average Bonchev–Trinajstić information content (AvgIpc) is 2.69. The first-order chi connectivity index (χ1) is 14.8. The number of H-pyrrole nitrogens is 2. The Balaban J connectivity index is 0.000000186. The fraction of sp³-hybridized carbons (Fsp3) is 0.111. The van der Waals surface area contributed by atoms with Gasteiger partial charge in [0.15, 0.2) is 0 Å². The van der Waals surface area contributed by atoms with E-state index in [0.29, 0.717) is 10.9 Å². The van der Waals surface area contributed by atoms with E-state index in [-0.39, 0.29) is 10.9 Å². The molecule has 4 aromatic rings. The maximum atomic E-state index is 13.6. The second-order valence-corrected chi connectivity index (χ2v) is 9.07. The summed E-state index contributed by atoms with van der Waals surface area (Å²) in [5.41, 5.74) is -2.32. The molecule has 0 saturated carbocycles. The van der Waals surface area contributed by atoms with Gasteiger partial charge >= 0.3 is 11.4 Å². The lowest BCUT2D eigenvalue weighted by Crippen LogP contribution is -2.28. The number of hydrogen-bond donors (Lipinski definition) is 2. The highest BCUT2D eigenvalue weighted by molar-refractivity contribution is 8.13. The van der Waals surface area contributed by atoms with Gasteiger partial charge in [0.05, 0.1) is 21.8 Å². The van der Waals surface area contributed by atoms with Crippen molar-refractivity contribution in [3.05, 3.63) is 83.6 Å². The normalized spacial score (nSPS) is 11.4. The van der Waals surface area contributed by atoms with E-state index in [0.717, 1.165) is 22.8 Å². The third kappa shape index (κ3) is 4.24. The molecule has 0 aliphatic carbocycles. The number of fused-ring (bicyclic) bond motifs is 2. The van der Waals surface area contributed by atoms with Crippen LogP contribution in [0.2, 0.25) is 0 Å². The van der Waals surface area contributed by atoms with Gasteiger partial charge in [-0.3, -0.25) is 28.7 Å². The van der Waals surface area contributed by atoms with Gasteiger partial charge in [-0.05, 0) is 30.3 Å². The lowest BCUT2D eigenvalue weighted by atomic mass is 10.2. The molecule has 0 atom stereocenters. The number of halogens is 3. The molecule has 0 unspecified atom stereocenters. The molecule has 0 aliphatic rings. The van der Waals surface area contributed by atoms with Crippen molar-refractivity contribution in [2.24, 2.45) is 14.1 Å². The average molecular weight is 487 g/mol. The molecular weight excluding hydrogens is 474 g/mol. The Labute approximate surface area is 180 Å². The van der Waals surface area contributed by atoms with Crippen LogP contribution in [-0.2, 0) is 23.1 Å². The minimum Gasteiger partial charge on any atom is -0.296 e. The van der Waals surface area contributed by atoms with E-state index in [4.69, 9.17) is 10.7 Å². The van der Waals surface area contributed by atoms with Crippen LogP contribution in [0.15, 0.2) is 54.4 Å². The molecule has 0 fully saturated rings. The number of rotatable bonds is 1. The number of nitrogens with zero attached hydrogens (tertiary/aromatic N) is 2. The van der Waals surface area contributed by atoms with Crippen LogP contribution in [0.1, 0.15) is 0 Å². The Morgan fingerprint density at radius 1 is 0.812 bits per heavy atom. The Morgan fingerprint density at radius 3 is 1.84 bits per heavy atom. The molecule has 0 saturated heterocycles. The topological polar surface area (TPSA) is 144 Å². The fourth-order valence-electron chi connectivity index (χ4n) is 2.88. The van der Waals surface area contributed by atoms with Crippen molar-refractivity contribution in [1.29, 1.82) is 0 Å². The predicted octanol–water partition coefficient (Wildman–Crippen LogP) is 0.659. The zero-order valence-electron chi connectivity index (χ0n) is 16.3. The number of aromatic nitrogens is 4. The molecule has 0 amide bonds. The van der Waals surface area contributed by atoms with Gasteiger partial charge in [0.2, 0.25) is 0 Å². The Bertz CT molecular complexity index is 1740. The molecule has 2 aromatic carbocycles. The van der Waals surface area contributed by atoms with Crippen molar-refractivity contribution in [2.75, 3.05) is 0 Å². The first-order valence-electron chi connectivity index (χ1n) is 8.57. The van der Waals surface area contributed by atoms with E-state index in [1.807, 2.05) is 4.98 Å². The number of hydrogen-bond acceptors (Lipinski definition) is 6. The van der Waals surface area contributed by atoms with Crippen LogP contribution in [0.25, 0.3) is 21.8 Å². The van der Waals surface area contributed by atoms with E-state index >= 15 is 0 Å². The third-order valence-electron chi connectivity index (χ3n) is 4.53. The minimum absolute atomic E-state index is 0.0229. The van der Waals surface area contributed by atoms with Crippen LogP contribution in [0.3, 0.4) is 0 Å². The molecule has 0 bridgehead atoms. The van der Waals surface area contributed by atoms with Crippen LogP contribution < -0.4 is 22.5 Å². The maximum Gasteiger partial charge on any atom is 0.328 e. The number of aromatic amines is 2. The molecule has 168 valence electrons. The molecule has 0 radical (unpaired) electrons. The zero-order chi connectivity index (χ0) is 24.0. The monoisotopic (exact) mass is 486 g/mol. The highest BCUT2D eigenvalue weighted by Crippen LogP contribution is 2.22. The summed E-state index contributed by atoms with van der Waals surface area (Å²) >= 11 is 0. The third-order valence-corrected chi connectivity index (χ3v) is 5.87. The van der Waals surface area contributed by atoms with Gasteiger partial charge in [0.1, 0.15) is 16.5 Å². The van der Waals surface area contributed by atoms with E-state index in [1.165, 1.54) is 30.8 Å². The molecule has 10 nitrogen and oxygen atoms in total. The van der Waals surface area contributed by atoms with Gasteiger partial charge in [-0.25, -0.2) is 26.8 Å². The Hall–Kier alpha value is -3.58. The highest BCUT2D eigenvalue weighted by Gasteiger charge is 2.19. The fourth-order valence-corrected chi connectivity index (χ4v) is 3.78. The summed E-state index contributed by atoms with van der Waals surface area (Å²) in [6.45, 7) is 0. The Kier molecular flexibility index (Phi) is 5.89. The van der Waals surface area contributed by atoms with E-state index in [2.05, 4.69) is 4.98 Å². The van der Waals surface area contributed by atoms with E-state index in [9.17, 15) is 36.4 Å². The van der Waals surface area contributed by atoms with Crippen LogP contribution in [0.4, 0.5) is 8.78 Å². The summed E-state index contributed by atoms with van der Waals surface area (Å²) in [6.07, 6.45) is 0. The Morgan fingerprint density at radius 2 is 1.31 bits per heavy atom. The van der Waals surface area contributed by atoms with E-state index in [1.54, 1.807) is 0 Å². The zero-order valence-corrected chi connectivity index (χ0v) is 17.8. The second-order valence-electron chi connectivity index (χ2n) is 6.54. The van der Waals surface area contributed by atoms with Crippen LogP contribution in [0.5, 0.6) is 0 Å². The van der Waals surface area contributed by atoms with Crippen LogP contribution >= 0.6 is 10.7 Å². The lowest BCUT2D eigenvalue weighted by molar-refractivity contribution is 0.576. The SMILES string of the molecule is Cn1c(=O)[nH]c(=O)c2cc(S(=O)(=O)Cl)c(F)cc21.Cn1c(=O)[nH]c(=O)c2ccc(F)cc21. The lowest BCUT2D eigenvalue weighted by Gasteiger charge is -2.05. The van der Waals surface area contributed by atoms with Gasteiger partial charge in [-0.1, -0.05) is 0 Å². The molecule has 2 N–H and O–H groups in total. The number of benzene rings is 2. The van der Waals surface area contributed by atoms with Gasteiger partial charge in [-0.2, -0.15) is 0 Å². The van der Waals surface area contributed by atoms with Crippen molar-refractivity contribution < 1.29 is 17.2 Å². The maximum absolute atomic E-state index is 13.6. The van der Waals surface area contributed by atoms with Crippen LogP contribution in [0, 0.1) is 11.6 Å². The molecule has 2 heterocycles. The van der Waals surface area contributed by atoms with Crippen molar-refractivity contribution in [3.8, 4) is 0 Å². The van der Waals surface area contributed by atoms with Crippen molar-refractivity contribution in [2.45, 2.75) is 4.90 Å². The minimum atomic E-state index is -4.31. The summed E-state index contributed by atoms with van der Waals surface area (Å²) in [6, 6.07) is 5.27. The molecular formula is C18H13ClF2N4O6S. The molecule has 14 heteroatoms. The highest BCUT2D eigenvalue weighted by atomic mass is 35.7. The first kappa shape index (κ1) is 23.1. The van der Waals surface area contributed by atoms with Crippen molar-refractivity contribution in [3.63, 3.8) is 0 Å². The molecule has 0 spiro atoms. The van der Waals surface area contributed by atoms with Crippen LogP contribution in [-0.4, -0.2) is 27.5 Å². The first-order valence-corrected chi connectivity index (χ1v) is 10.9. The number of aryl methyl sites for hydroxylation is 2. The molecule has 2 aromatic heterocycles. The summed E-state index contributed by atoms with van der Waals surface area (Å²) in [7, 11) is 3.52. The summed E-state index contributed by atoms with van der Waals surface area (Å²) < 4.78 is 50.8. The number of nitrogens with one attached hydrogen (secondary N) is 2. The van der Waals surface area contributed by atoms with Crippen molar-refractivity contribution >= 4 is 41.5 Å². The smallest absolute Gasteiger partial charge is 0.296 e. The van der Waals surface area contributed by atoms with Gasteiger partial charge in [0.25, 0.3) is 20.2 Å². The largest absolute Gasteiger partial charge is 0.328 e.